The van der Waals surface area contributed by atoms with Crippen LogP contribution in [0.3, 0.4) is 0 Å². The molecule has 0 aliphatic heterocycles. The van der Waals surface area contributed by atoms with Crippen LogP contribution in [0.2, 0.25) is 0 Å². The Labute approximate surface area is 450 Å². The number of imidazole rings is 1. The van der Waals surface area contributed by atoms with E-state index in [0.717, 1.165) is 98.2 Å². The van der Waals surface area contributed by atoms with Crippen molar-refractivity contribution in [3.63, 3.8) is 0 Å². The molecule has 11 aromatic rings. The molecule has 0 saturated heterocycles. The first-order valence-corrected chi connectivity index (χ1v) is 26.8. The molecule has 4 heteroatoms. The van der Waals surface area contributed by atoms with Crippen molar-refractivity contribution in [3.05, 3.63) is 265 Å². The van der Waals surface area contributed by atoms with Gasteiger partial charge in [0.25, 0.3) is 0 Å². The summed E-state index contributed by atoms with van der Waals surface area (Å²) in [6, 6.07) is 80.2. The van der Waals surface area contributed by atoms with E-state index in [2.05, 4.69) is 190 Å². The van der Waals surface area contributed by atoms with Gasteiger partial charge in [-0.15, -0.1) is 0 Å². The number of hydrogen-bond donors (Lipinski definition) is 1. The van der Waals surface area contributed by atoms with E-state index in [4.69, 9.17) is 9.97 Å². The number of hydrogen-bond acceptors (Lipinski definition) is 3. The minimum atomic E-state index is -1.50. The van der Waals surface area contributed by atoms with Gasteiger partial charge in [0.1, 0.15) is 11.6 Å². The number of rotatable bonds is 12. The Kier molecular flexibility index (Phi) is 12.3. The number of aromatic hydroxyl groups is 1. The SMILES string of the molecule is [2H]C([2H])(c1ccc(-n2c(-c3cccc(-c4ccccc4)c3O)nc3c(-c4cc(-c5cc(-c6ccc(C(C)(c7ccccc7)c7ccccc7)cc6)ccn5)cc(C(C)(C)C)c4)cccc32)c(-c2ccccc2)c1)C1CCCC1. The Bertz CT molecular complexity index is 3890. The summed E-state index contributed by atoms with van der Waals surface area (Å²) in [6.45, 7) is 9.06. The van der Waals surface area contributed by atoms with Crippen molar-refractivity contribution in [3.8, 4) is 78.6 Å². The molecule has 9 aromatic carbocycles. The molecule has 1 aliphatic carbocycles. The monoisotopic (exact) mass is 988 g/mol. The topological polar surface area (TPSA) is 50.9 Å². The molecule has 0 radical (unpaired) electrons. The maximum absolute atomic E-state index is 12.5. The Morgan fingerprint density at radius 1 is 0.487 bits per heavy atom. The lowest BCUT2D eigenvalue weighted by Gasteiger charge is -2.32. The molecule has 0 unspecified atom stereocenters. The Morgan fingerprint density at radius 3 is 1.72 bits per heavy atom. The zero-order chi connectivity index (χ0) is 53.6. The van der Waals surface area contributed by atoms with Crippen LogP contribution in [0.15, 0.2) is 237 Å². The molecule has 0 bridgehead atoms. The molecule has 2 heterocycles. The average molecular weight is 988 g/mol. The van der Waals surface area contributed by atoms with E-state index >= 15 is 0 Å². The molecule has 0 amide bonds. The molecule has 12 rings (SSSR count). The summed E-state index contributed by atoms with van der Waals surface area (Å²) < 4.78 is 21.2. The molecule has 2 aromatic heterocycles. The van der Waals surface area contributed by atoms with Gasteiger partial charge >= 0.3 is 0 Å². The maximum atomic E-state index is 12.5. The van der Waals surface area contributed by atoms with Crippen LogP contribution in [0.1, 0.15) is 83.9 Å². The molecule has 1 aliphatic rings. The normalized spacial score (nSPS) is 13.7. The van der Waals surface area contributed by atoms with Crippen molar-refractivity contribution in [2.75, 3.05) is 0 Å². The lowest BCUT2D eigenvalue weighted by atomic mass is 9.71. The summed E-state index contributed by atoms with van der Waals surface area (Å²) in [4.78, 5) is 10.7. The smallest absolute Gasteiger partial charge is 0.149 e. The fourth-order valence-corrected chi connectivity index (χ4v) is 11.5. The highest BCUT2D eigenvalue weighted by molar-refractivity contribution is 5.98. The average Bonchev–Trinajstić information content (AvgIpc) is 4.18. The van der Waals surface area contributed by atoms with Crippen molar-refractivity contribution in [1.82, 2.24) is 14.5 Å². The van der Waals surface area contributed by atoms with Crippen molar-refractivity contribution < 1.29 is 7.85 Å². The van der Waals surface area contributed by atoms with Gasteiger partial charge < -0.3 is 5.11 Å². The number of phenolic OH excluding ortho intramolecular Hbond substituents is 1. The highest BCUT2D eigenvalue weighted by Gasteiger charge is 2.31. The van der Waals surface area contributed by atoms with E-state index < -0.39 is 6.37 Å². The third-order valence-corrected chi connectivity index (χ3v) is 15.8. The number of fused-ring (bicyclic) bond motifs is 1. The molecule has 0 spiro atoms. The zero-order valence-corrected chi connectivity index (χ0v) is 43.7. The van der Waals surface area contributed by atoms with Crippen LogP contribution in [-0.4, -0.2) is 19.6 Å². The van der Waals surface area contributed by atoms with Crippen LogP contribution in [0, 0.1) is 5.92 Å². The van der Waals surface area contributed by atoms with Crippen molar-refractivity contribution in [1.29, 1.82) is 0 Å². The molecule has 4 nitrogen and oxygen atoms in total. The first kappa shape index (κ1) is 46.0. The predicted octanol–water partition coefficient (Wildman–Crippen LogP) is 18.5. The van der Waals surface area contributed by atoms with Crippen molar-refractivity contribution in [2.45, 2.75) is 70.6 Å². The first-order chi connectivity index (χ1) is 37.9. The lowest BCUT2D eigenvalue weighted by Crippen LogP contribution is -2.25. The highest BCUT2D eigenvalue weighted by Crippen LogP contribution is 2.45. The minimum absolute atomic E-state index is 0.0445. The quantitative estimate of drug-likeness (QED) is 0.124. The Morgan fingerprint density at radius 2 is 1.07 bits per heavy atom. The Hall–Kier alpha value is -8.60. The molecule has 0 atom stereocenters. The van der Waals surface area contributed by atoms with E-state index in [-0.39, 0.29) is 22.5 Å². The number of pyridine rings is 1. The predicted molar refractivity (Wildman–Crippen MR) is 316 cm³/mol. The summed E-state index contributed by atoms with van der Waals surface area (Å²) in [5.41, 5.74) is 17.5. The fraction of sp³-hybridized carbons (Fsp3) is 0.167. The van der Waals surface area contributed by atoms with Gasteiger partial charge in [0.15, 0.2) is 0 Å². The van der Waals surface area contributed by atoms with Crippen molar-refractivity contribution in [2.24, 2.45) is 5.92 Å². The Balaban J connectivity index is 1.02. The van der Waals surface area contributed by atoms with E-state index in [1.165, 1.54) is 16.7 Å². The van der Waals surface area contributed by atoms with Gasteiger partial charge in [-0.2, -0.15) is 0 Å². The molecule has 1 fully saturated rings. The van der Waals surface area contributed by atoms with Crippen LogP contribution in [0.25, 0.3) is 83.9 Å². The summed E-state index contributed by atoms with van der Waals surface area (Å²) in [5.74, 6) is 0.671. The van der Waals surface area contributed by atoms with Crippen LogP contribution in [0.5, 0.6) is 5.75 Å². The number of phenols is 1. The van der Waals surface area contributed by atoms with E-state index in [9.17, 15) is 7.85 Å². The second-order valence-electron chi connectivity index (χ2n) is 21.6. The molecular formula is C72H63N3O. The second kappa shape index (κ2) is 20.3. The van der Waals surface area contributed by atoms with Gasteiger partial charge in [0.2, 0.25) is 0 Å². The summed E-state index contributed by atoms with van der Waals surface area (Å²) in [6.07, 6.45) is 4.27. The van der Waals surface area contributed by atoms with Gasteiger partial charge in [-0.05, 0) is 129 Å². The lowest BCUT2D eigenvalue weighted by molar-refractivity contribution is 0.479. The van der Waals surface area contributed by atoms with Gasteiger partial charge in [-0.25, -0.2) is 4.98 Å². The number of para-hydroxylation sites is 2. The van der Waals surface area contributed by atoms with Crippen LogP contribution in [0.4, 0.5) is 0 Å². The van der Waals surface area contributed by atoms with Gasteiger partial charge in [-0.3, -0.25) is 9.55 Å². The van der Waals surface area contributed by atoms with Crippen LogP contribution < -0.4 is 0 Å². The van der Waals surface area contributed by atoms with Gasteiger partial charge in [-0.1, -0.05) is 228 Å². The van der Waals surface area contributed by atoms with Gasteiger partial charge in [0.05, 0.1) is 28.0 Å². The number of nitrogens with zero attached hydrogens (tertiary/aromatic N) is 3. The molecule has 372 valence electrons. The standard InChI is InChI=1S/C72H63N3O/c1-71(2,3)60-46-55(45-56(47-60)65-48-54(41-42-73-65)51-36-38-59(39-37-51)72(4,57-27-13-7-14-28-57)58-29-15-8-16-30-58)61-31-20-34-67-68(61)74-70(63-33-19-32-62(69(63)76)52-23-9-5-10-24-52)75(67)66-40-35-50(43-49-21-17-18-22-49)44-64(66)53-25-11-6-12-26-53/h5-16,19-20,23-42,44-49,76H,17-18,21-22,43H2,1-4H3/i43D2. The third-order valence-electron chi connectivity index (χ3n) is 15.8. The minimum Gasteiger partial charge on any atom is -0.507 e. The van der Waals surface area contributed by atoms with E-state index in [1.807, 2.05) is 79.0 Å². The third kappa shape index (κ3) is 9.23. The highest BCUT2D eigenvalue weighted by atomic mass is 16.3. The maximum Gasteiger partial charge on any atom is 0.149 e. The molecule has 1 saturated carbocycles. The number of aromatic nitrogens is 3. The molecule has 1 N–H and O–H groups in total. The van der Waals surface area contributed by atoms with Crippen LogP contribution >= 0.6 is 0 Å². The first-order valence-electron chi connectivity index (χ1n) is 27.8. The zero-order valence-electron chi connectivity index (χ0n) is 45.7. The molecule has 76 heavy (non-hydrogen) atoms. The fourth-order valence-electron chi connectivity index (χ4n) is 11.5. The largest absolute Gasteiger partial charge is 0.507 e. The van der Waals surface area contributed by atoms with Gasteiger partial charge in [0, 0.05) is 36.6 Å². The van der Waals surface area contributed by atoms with E-state index in [1.54, 1.807) is 0 Å². The van der Waals surface area contributed by atoms with Crippen LogP contribution in [-0.2, 0) is 17.2 Å². The van der Waals surface area contributed by atoms with E-state index in [0.29, 0.717) is 22.5 Å². The summed E-state index contributed by atoms with van der Waals surface area (Å²) in [7, 11) is 0. The summed E-state index contributed by atoms with van der Waals surface area (Å²) >= 11 is 0. The van der Waals surface area contributed by atoms with Crippen molar-refractivity contribution >= 4 is 11.0 Å². The molecular weight excluding hydrogens is 923 g/mol. The summed E-state index contributed by atoms with van der Waals surface area (Å²) in [5, 5.41) is 12.5. The second-order valence-corrected chi connectivity index (χ2v) is 21.6. The number of benzene rings is 9.